The minimum Gasteiger partial charge on any atom is -0.343 e. The lowest BCUT2D eigenvalue weighted by Gasteiger charge is -2.19. The predicted molar refractivity (Wildman–Crippen MR) is 91.2 cm³/mol. The number of hydrogen-bond donors (Lipinski definition) is 2. The van der Waals surface area contributed by atoms with Crippen LogP contribution in [0.25, 0.3) is 0 Å². The number of amides is 1. The third kappa shape index (κ3) is 3.74. The van der Waals surface area contributed by atoms with E-state index in [1.165, 1.54) is 13.2 Å². The average Bonchev–Trinajstić information content (AvgIpc) is 3.11. The van der Waals surface area contributed by atoms with Gasteiger partial charge in [0, 0.05) is 32.2 Å². The number of aromatic amines is 1. The Morgan fingerprint density at radius 3 is 2.72 bits per heavy atom. The Hall–Kier alpha value is -3.42. The third-order valence-corrected chi connectivity index (χ3v) is 3.81. The fourth-order valence-electron chi connectivity index (χ4n) is 2.49. The lowest BCUT2D eigenvalue weighted by Crippen LogP contribution is -2.38. The molecule has 25 heavy (non-hydrogen) atoms. The van der Waals surface area contributed by atoms with Crippen LogP contribution in [0.4, 0.5) is 0 Å². The molecule has 1 aromatic carbocycles. The number of hydrogen-bond acceptors (Lipinski definition) is 4. The molecule has 1 amide bonds. The van der Waals surface area contributed by atoms with Crippen LogP contribution in [0.2, 0.25) is 0 Å². The van der Waals surface area contributed by atoms with Crippen molar-refractivity contribution in [3.8, 4) is 0 Å². The molecule has 8 heteroatoms. The van der Waals surface area contributed by atoms with Crippen molar-refractivity contribution in [2.45, 2.75) is 12.6 Å². The number of aryl methyl sites for hydroxylation is 1. The first-order valence-electron chi connectivity index (χ1n) is 7.66. The van der Waals surface area contributed by atoms with Crippen molar-refractivity contribution < 1.29 is 4.79 Å². The maximum atomic E-state index is 12.6. The molecule has 0 saturated carbocycles. The van der Waals surface area contributed by atoms with Crippen molar-refractivity contribution in [3.63, 3.8) is 0 Å². The first kappa shape index (κ1) is 16.4. The van der Waals surface area contributed by atoms with E-state index in [4.69, 9.17) is 0 Å². The number of carbonyl (C=O) groups is 1. The Kier molecular flexibility index (Phi) is 4.60. The highest BCUT2D eigenvalue weighted by atomic mass is 16.2. The van der Waals surface area contributed by atoms with Gasteiger partial charge in [0.1, 0.15) is 5.56 Å². The number of aromatic nitrogens is 4. The van der Waals surface area contributed by atoms with Crippen LogP contribution in [-0.4, -0.2) is 25.0 Å². The SMILES string of the molecule is Cn1cc(C(=O)NC(Cn2ccnc2)c2ccccc2)c(=O)[nH]c1=O. The molecule has 0 aliphatic carbocycles. The highest BCUT2D eigenvalue weighted by Crippen LogP contribution is 2.15. The van der Waals surface area contributed by atoms with Gasteiger partial charge in [-0.15, -0.1) is 0 Å². The standard InChI is InChI=1S/C17H17N5O3/c1-21-9-13(16(24)20-17(21)25)15(23)19-14(10-22-8-7-18-11-22)12-5-3-2-4-6-12/h2-9,11,14H,10H2,1H3,(H,19,23)(H,20,24,25). The van der Waals surface area contributed by atoms with E-state index in [2.05, 4.69) is 15.3 Å². The number of benzene rings is 1. The van der Waals surface area contributed by atoms with Gasteiger partial charge >= 0.3 is 5.69 Å². The summed E-state index contributed by atoms with van der Waals surface area (Å²) >= 11 is 0. The minimum absolute atomic E-state index is 0.117. The van der Waals surface area contributed by atoms with Crippen LogP contribution in [0.3, 0.4) is 0 Å². The molecule has 0 aliphatic heterocycles. The molecule has 0 radical (unpaired) electrons. The van der Waals surface area contributed by atoms with Gasteiger partial charge in [0.2, 0.25) is 0 Å². The van der Waals surface area contributed by atoms with Crippen LogP contribution in [0.5, 0.6) is 0 Å². The zero-order valence-electron chi connectivity index (χ0n) is 13.5. The Balaban J connectivity index is 1.90. The van der Waals surface area contributed by atoms with Gasteiger partial charge in [-0.3, -0.25) is 14.6 Å². The van der Waals surface area contributed by atoms with Crippen molar-refractivity contribution in [2.75, 3.05) is 0 Å². The molecule has 2 heterocycles. The summed E-state index contributed by atoms with van der Waals surface area (Å²) in [6.45, 7) is 0.458. The van der Waals surface area contributed by atoms with Crippen LogP contribution in [-0.2, 0) is 13.6 Å². The number of carbonyl (C=O) groups excluding carboxylic acids is 1. The monoisotopic (exact) mass is 339 g/mol. The molecular weight excluding hydrogens is 322 g/mol. The van der Waals surface area contributed by atoms with Crippen LogP contribution in [0, 0.1) is 0 Å². The van der Waals surface area contributed by atoms with Gasteiger partial charge in [0.25, 0.3) is 11.5 Å². The largest absolute Gasteiger partial charge is 0.343 e. The average molecular weight is 339 g/mol. The summed E-state index contributed by atoms with van der Waals surface area (Å²) in [6, 6.07) is 9.07. The summed E-state index contributed by atoms with van der Waals surface area (Å²) in [5, 5.41) is 2.85. The summed E-state index contributed by atoms with van der Waals surface area (Å²) in [4.78, 5) is 42.1. The summed E-state index contributed by atoms with van der Waals surface area (Å²) < 4.78 is 2.99. The Morgan fingerprint density at radius 1 is 1.28 bits per heavy atom. The van der Waals surface area contributed by atoms with E-state index in [-0.39, 0.29) is 11.6 Å². The van der Waals surface area contributed by atoms with E-state index in [0.29, 0.717) is 6.54 Å². The van der Waals surface area contributed by atoms with E-state index in [1.807, 2.05) is 34.9 Å². The molecule has 0 saturated heterocycles. The minimum atomic E-state index is -0.713. The van der Waals surface area contributed by atoms with Gasteiger partial charge < -0.3 is 14.5 Å². The molecule has 128 valence electrons. The van der Waals surface area contributed by atoms with E-state index in [1.54, 1.807) is 18.7 Å². The lowest BCUT2D eigenvalue weighted by molar-refractivity contribution is 0.0930. The Labute approximate surface area is 142 Å². The summed E-state index contributed by atoms with van der Waals surface area (Å²) in [5.41, 5.74) is -0.505. The molecule has 3 rings (SSSR count). The first-order valence-corrected chi connectivity index (χ1v) is 7.66. The molecule has 0 spiro atoms. The summed E-state index contributed by atoms with van der Waals surface area (Å²) in [5.74, 6) is -0.550. The van der Waals surface area contributed by atoms with Crippen LogP contribution < -0.4 is 16.6 Å². The van der Waals surface area contributed by atoms with Crippen LogP contribution in [0.1, 0.15) is 22.0 Å². The van der Waals surface area contributed by atoms with Crippen molar-refractivity contribution in [2.24, 2.45) is 7.05 Å². The van der Waals surface area contributed by atoms with Crippen LogP contribution in [0.15, 0.2) is 64.8 Å². The zero-order valence-corrected chi connectivity index (χ0v) is 13.5. The van der Waals surface area contributed by atoms with Crippen molar-refractivity contribution in [1.29, 1.82) is 0 Å². The summed E-state index contributed by atoms with van der Waals surface area (Å²) in [6.07, 6.45) is 6.33. The van der Waals surface area contributed by atoms with E-state index >= 15 is 0 Å². The number of H-pyrrole nitrogens is 1. The predicted octanol–water partition coefficient (Wildman–Crippen LogP) is 0.441. The van der Waals surface area contributed by atoms with Gasteiger partial charge in [-0.25, -0.2) is 9.78 Å². The molecule has 0 fully saturated rings. The molecule has 0 aliphatic rings. The third-order valence-electron chi connectivity index (χ3n) is 3.81. The second-order valence-electron chi connectivity index (χ2n) is 5.61. The summed E-state index contributed by atoms with van der Waals surface area (Å²) in [7, 11) is 1.47. The van der Waals surface area contributed by atoms with E-state index < -0.39 is 17.2 Å². The zero-order chi connectivity index (χ0) is 17.8. The van der Waals surface area contributed by atoms with Crippen molar-refractivity contribution in [1.82, 2.24) is 24.4 Å². The molecule has 0 bridgehead atoms. The fraction of sp³-hybridized carbons (Fsp3) is 0.176. The normalized spacial score (nSPS) is 11.9. The number of nitrogens with one attached hydrogen (secondary N) is 2. The van der Waals surface area contributed by atoms with Gasteiger partial charge in [-0.2, -0.15) is 0 Å². The van der Waals surface area contributed by atoms with E-state index in [0.717, 1.165) is 10.1 Å². The fourth-order valence-corrected chi connectivity index (χ4v) is 2.49. The Bertz CT molecular complexity index is 974. The number of imidazole rings is 1. The van der Waals surface area contributed by atoms with Crippen molar-refractivity contribution >= 4 is 5.91 Å². The molecular formula is C17H17N5O3. The van der Waals surface area contributed by atoms with Gasteiger partial charge in [-0.05, 0) is 5.56 Å². The second-order valence-corrected chi connectivity index (χ2v) is 5.61. The van der Waals surface area contributed by atoms with E-state index in [9.17, 15) is 14.4 Å². The second kappa shape index (κ2) is 7.00. The maximum absolute atomic E-state index is 12.6. The molecule has 8 nitrogen and oxygen atoms in total. The van der Waals surface area contributed by atoms with Crippen molar-refractivity contribution in [3.05, 3.63) is 87.2 Å². The molecule has 1 atom stereocenters. The Morgan fingerprint density at radius 2 is 2.04 bits per heavy atom. The molecule has 2 N–H and O–H groups in total. The van der Waals surface area contributed by atoms with Crippen LogP contribution >= 0.6 is 0 Å². The number of rotatable bonds is 5. The quantitative estimate of drug-likeness (QED) is 0.704. The smallest absolute Gasteiger partial charge is 0.328 e. The highest BCUT2D eigenvalue weighted by Gasteiger charge is 2.19. The highest BCUT2D eigenvalue weighted by molar-refractivity contribution is 5.93. The lowest BCUT2D eigenvalue weighted by atomic mass is 10.1. The van der Waals surface area contributed by atoms with Gasteiger partial charge in [0.15, 0.2) is 0 Å². The molecule has 2 aromatic heterocycles. The molecule has 1 unspecified atom stereocenters. The molecule has 3 aromatic rings. The number of nitrogens with zero attached hydrogens (tertiary/aromatic N) is 3. The first-order chi connectivity index (χ1) is 12.0. The maximum Gasteiger partial charge on any atom is 0.328 e. The van der Waals surface area contributed by atoms with Gasteiger partial charge in [0.05, 0.1) is 12.4 Å². The van der Waals surface area contributed by atoms with Gasteiger partial charge in [-0.1, -0.05) is 30.3 Å². The topological polar surface area (TPSA) is 102 Å².